The number of nitrogens with one attached hydrogen (secondary N) is 1. The summed E-state index contributed by atoms with van der Waals surface area (Å²) in [5.74, 6) is 0.00413. The van der Waals surface area contributed by atoms with Gasteiger partial charge >= 0.3 is 5.97 Å². The van der Waals surface area contributed by atoms with Crippen LogP contribution in [0.5, 0.6) is 11.5 Å². The second-order valence-electron chi connectivity index (χ2n) is 9.49. The summed E-state index contributed by atoms with van der Waals surface area (Å²) in [6, 6.07) is 7.68. The summed E-state index contributed by atoms with van der Waals surface area (Å²) < 4.78 is 5.90. The van der Waals surface area contributed by atoms with Crippen molar-refractivity contribution in [2.45, 2.75) is 52.7 Å². The van der Waals surface area contributed by atoms with Crippen LogP contribution in [0.1, 0.15) is 56.0 Å². The largest absolute Gasteiger partial charge is 0.506 e. The number of benzene rings is 2. The monoisotopic (exact) mass is 463 g/mol. The number of hydrogen-bond donors (Lipinski definition) is 3. The van der Waals surface area contributed by atoms with Gasteiger partial charge in [0.1, 0.15) is 17.6 Å². The topological polar surface area (TPSA) is 78.8 Å². The van der Waals surface area contributed by atoms with E-state index in [1.54, 1.807) is 18.2 Å². The van der Waals surface area contributed by atoms with E-state index in [0.717, 1.165) is 12.8 Å². The molecule has 2 fully saturated rings. The standard InChI is InChI=1S/C24H27Cl2NO4/c1-23(2)15-6-7-24(23,3)20(10-15)31-22(30)13-4-5-18(19(28)9-13)27-12-14-8-16(25)11-17(26)21(14)29/h4-5,8-9,11,15,20,27-29H,6-7,10,12H2,1-3H3. The molecular weight excluding hydrogens is 437 g/mol. The third-order valence-corrected chi connectivity index (χ3v) is 8.28. The molecule has 2 bridgehead atoms. The van der Waals surface area contributed by atoms with Crippen molar-refractivity contribution in [3.8, 4) is 11.5 Å². The number of hydrogen-bond acceptors (Lipinski definition) is 5. The number of carbonyl (C=O) groups is 1. The summed E-state index contributed by atoms with van der Waals surface area (Å²) in [7, 11) is 0. The fourth-order valence-electron chi connectivity index (χ4n) is 5.26. The molecule has 3 N–H and O–H groups in total. The van der Waals surface area contributed by atoms with E-state index in [1.165, 1.54) is 18.6 Å². The second kappa shape index (κ2) is 7.79. The fourth-order valence-corrected chi connectivity index (χ4v) is 5.79. The van der Waals surface area contributed by atoms with Crippen molar-refractivity contribution in [2.24, 2.45) is 16.7 Å². The molecule has 31 heavy (non-hydrogen) atoms. The molecule has 3 atom stereocenters. The minimum Gasteiger partial charge on any atom is -0.506 e. The molecule has 5 nitrogen and oxygen atoms in total. The van der Waals surface area contributed by atoms with Crippen LogP contribution >= 0.6 is 23.2 Å². The van der Waals surface area contributed by atoms with E-state index in [4.69, 9.17) is 27.9 Å². The lowest BCUT2D eigenvalue weighted by atomic mass is 9.70. The Morgan fingerprint density at radius 1 is 1.19 bits per heavy atom. The first-order valence-corrected chi connectivity index (χ1v) is 11.2. The number of carbonyl (C=O) groups excluding carboxylic acids is 1. The van der Waals surface area contributed by atoms with Crippen molar-refractivity contribution in [1.82, 2.24) is 0 Å². The van der Waals surface area contributed by atoms with Crippen LogP contribution < -0.4 is 5.32 Å². The lowest BCUT2D eigenvalue weighted by Gasteiger charge is -2.38. The smallest absolute Gasteiger partial charge is 0.338 e. The van der Waals surface area contributed by atoms with Crippen LogP contribution in [0, 0.1) is 16.7 Å². The normalized spacial score (nSPS) is 26.1. The Morgan fingerprint density at radius 2 is 1.94 bits per heavy atom. The number of ether oxygens (including phenoxy) is 1. The summed E-state index contributed by atoms with van der Waals surface area (Å²) in [4.78, 5) is 12.8. The maximum Gasteiger partial charge on any atom is 0.338 e. The Hall–Kier alpha value is -2.11. The highest BCUT2D eigenvalue weighted by atomic mass is 35.5. The van der Waals surface area contributed by atoms with Crippen LogP contribution in [0.2, 0.25) is 10.0 Å². The molecule has 0 heterocycles. The first kappa shape index (κ1) is 22.1. The Morgan fingerprint density at radius 3 is 2.55 bits per heavy atom. The molecular formula is C24H27Cl2NO4. The number of esters is 1. The van der Waals surface area contributed by atoms with Crippen molar-refractivity contribution >= 4 is 34.9 Å². The van der Waals surface area contributed by atoms with E-state index >= 15 is 0 Å². The van der Waals surface area contributed by atoms with Gasteiger partial charge in [-0.15, -0.1) is 0 Å². The van der Waals surface area contributed by atoms with Gasteiger partial charge in [-0.1, -0.05) is 44.0 Å². The van der Waals surface area contributed by atoms with Crippen LogP contribution in [-0.2, 0) is 11.3 Å². The van der Waals surface area contributed by atoms with Crippen LogP contribution in [-0.4, -0.2) is 22.3 Å². The van der Waals surface area contributed by atoms with Gasteiger partial charge in [0.05, 0.1) is 16.3 Å². The molecule has 2 aromatic carbocycles. The molecule has 2 saturated carbocycles. The summed E-state index contributed by atoms with van der Waals surface area (Å²) in [6.07, 6.45) is 3.04. The molecule has 0 spiro atoms. The van der Waals surface area contributed by atoms with Crippen molar-refractivity contribution in [3.05, 3.63) is 51.5 Å². The SMILES string of the molecule is CC1(C)C2CCC1(C)C(OC(=O)c1ccc(NCc3cc(Cl)cc(Cl)c3O)c(O)c1)C2. The van der Waals surface area contributed by atoms with E-state index in [2.05, 4.69) is 26.1 Å². The number of aromatic hydroxyl groups is 2. The summed E-state index contributed by atoms with van der Waals surface area (Å²) >= 11 is 11.9. The average Bonchev–Trinajstić information content (AvgIpc) is 3.03. The van der Waals surface area contributed by atoms with Gasteiger partial charge in [-0.25, -0.2) is 4.79 Å². The minimum atomic E-state index is -0.421. The summed E-state index contributed by atoms with van der Waals surface area (Å²) in [5.41, 5.74) is 1.35. The molecule has 0 aromatic heterocycles. The van der Waals surface area contributed by atoms with Crippen LogP contribution in [0.25, 0.3) is 0 Å². The van der Waals surface area contributed by atoms with Crippen LogP contribution in [0.3, 0.4) is 0 Å². The zero-order valence-corrected chi connectivity index (χ0v) is 19.3. The highest BCUT2D eigenvalue weighted by Crippen LogP contribution is 2.66. The maximum absolute atomic E-state index is 12.8. The molecule has 0 aliphatic heterocycles. The number of halogens is 2. The van der Waals surface area contributed by atoms with Gasteiger partial charge in [-0.05, 0) is 60.9 Å². The summed E-state index contributed by atoms with van der Waals surface area (Å²) in [5, 5.41) is 24.1. The number of fused-ring (bicyclic) bond motifs is 2. The lowest BCUT2D eigenvalue weighted by molar-refractivity contribution is -0.0242. The fraction of sp³-hybridized carbons (Fsp3) is 0.458. The zero-order chi connectivity index (χ0) is 22.6. The Labute approximate surface area is 192 Å². The van der Waals surface area contributed by atoms with Gasteiger partial charge < -0.3 is 20.3 Å². The molecule has 3 unspecified atom stereocenters. The number of rotatable bonds is 5. The first-order valence-electron chi connectivity index (χ1n) is 10.5. The first-order chi connectivity index (χ1) is 14.5. The molecule has 0 radical (unpaired) electrons. The molecule has 4 rings (SSSR count). The molecule has 0 saturated heterocycles. The highest BCUT2D eigenvalue weighted by Gasteiger charge is 2.62. The average molecular weight is 464 g/mol. The summed E-state index contributed by atoms with van der Waals surface area (Å²) in [6.45, 7) is 6.96. The molecule has 2 aliphatic rings. The quantitative estimate of drug-likeness (QED) is 0.353. The molecule has 7 heteroatoms. The van der Waals surface area contributed by atoms with Crippen molar-refractivity contribution in [2.75, 3.05) is 5.32 Å². The van der Waals surface area contributed by atoms with Gasteiger partial charge in [0.15, 0.2) is 0 Å². The molecule has 2 aliphatic carbocycles. The van der Waals surface area contributed by atoms with Crippen LogP contribution in [0.15, 0.2) is 30.3 Å². The van der Waals surface area contributed by atoms with Gasteiger partial charge in [0.2, 0.25) is 0 Å². The molecule has 2 aromatic rings. The van der Waals surface area contributed by atoms with E-state index in [0.29, 0.717) is 27.8 Å². The third-order valence-electron chi connectivity index (χ3n) is 7.77. The predicted molar refractivity (Wildman–Crippen MR) is 122 cm³/mol. The van der Waals surface area contributed by atoms with E-state index in [9.17, 15) is 15.0 Å². The third kappa shape index (κ3) is 3.72. The molecule has 166 valence electrons. The Balaban J connectivity index is 1.44. The van der Waals surface area contributed by atoms with Crippen molar-refractivity contribution in [3.63, 3.8) is 0 Å². The Kier molecular flexibility index (Phi) is 5.55. The molecule has 0 amide bonds. The van der Waals surface area contributed by atoms with Gasteiger partial charge in [-0.3, -0.25) is 0 Å². The van der Waals surface area contributed by atoms with E-state index in [1.807, 2.05) is 0 Å². The van der Waals surface area contributed by atoms with Crippen molar-refractivity contribution < 1.29 is 19.7 Å². The van der Waals surface area contributed by atoms with E-state index < -0.39 is 5.97 Å². The van der Waals surface area contributed by atoms with Crippen molar-refractivity contribution in [1.29, 1.82) is 0 Å². The van der Waals surface area contributed by atoms with Gasteiger partial charge in [0, 0.05) is 22.5 Å². The van der Waals surface area contributed by atoms with Gasteiger partial charge in [-0.2, -0.15) is 0 Å². The van der Waals surface area contributed by atoms with Crippen LogP contribution in [0.4, 0.5) is 5.69 Å². The van der Waals surface area contributed by atoms with E-state index in [-0.39, 0.29) is 40.0 Å². The van der Waals surface area contributed by atoms with Gasteiger partial charge in [0.25, 0.3) is 0 Å². The zero-order valence-electron chi connectivity index (χ0n) is 17.8. The Bertz CT molecular complexity index is 1040. The minimum absolute atomic E-state index is 0.0168. The second-order valence-corrected chi connectivity index (χ2v) is 10.3. The number of anilines is 1. The number of phenolic OH excluding ortho intramolecular Hbond substituents is 2. The highest BCUT2D eigenvalue weighted by molar-refractivity contribution is 6.35. The lowest BCUT2D eigenvalue weighted by Crippen LogP contribution is -2.38. The predicted octanol–water partition coefficient (Wildman–Crippen LogP) is 6.39. The maximum atomic E-state index is 12.8. The number of phenols is 2.